The van der Waals surface area contributed by atoms with Crippen molar-refractivity contribution in [1.82, 2.24) is 5.32 Å². The molecule has 3 aromatic rings. The molecule has 1 aromatic heterocycles. The summed E-state index contributed by atoms with van der Waals surface area (Å²) >= 11 is 1.61. The van der Waals surface area contributed by atoms with E-state index in [0.29, 0.717) is 18.5 Å². The SMILES string of the molecule is O=C(CCc1ccsc1)NC(C(=O)Nc1ccccc1)c1ccccc1. The average Bonchev–Trinajstić information content (AvgIpc) is 3.19. The minimum Gasteiger partial charge on any atom is -0.341 e. The Labute approximate surface area is 156 Å². The molecule has 0 spiro atoms. The lowest BCUT2D eigenvalue weighted by atomic mass is 10.1. The van der Waals surface area contributed by atoms with Crippen LogP contribution in [0.4, 0.5) is 5.69 Å². The first kappa shape index (κ1) is 17.9. The minimum absolute atomic E-state index is 0.145. The van der Waals surface area contributed by atoms with Crippen LogP contribution in [0.3, 0.4) is 0 Å². The molecular weight excluding hydrogens is 344 g/mol. The van der Waals surface area contributed by atoms with Crippen LogP contribution in [-0.4, -0.2) is 11.8 Å². The van der Waals surface area contributed by atoms with Crippen LogP contribution in [0.5, 0.6) is 0 Å². The van der Waals surface area contributed by atoms with Gasteiger partial charge >= 0.3 is 0 Å². The molecule has 1 unspecified atom stereocenters. The first-order valence-corrected chi connectivity index (χ1v) is 9.38. The summed E-state index contributed by atoms with van der Waals surface area (Å²) in [4.78, 5) is 25.1. The first-order chi connectivity index (χ1) is 12.7. The fourth-order valence-corrected chi connectivity index (χ4v) is 3.31. The molecular formula is C21H20N2O2S. The van der Waals surface area contributed by atoms with Gasteiger partial charge in [-0.2, -0.15) is 11.3 Å². The maximum atomic E-state index is 12.8. The molecule has 26 heavy (non-hydrogen) atoms. The van der Waals surface area contributed by atoms with E-state index >= 15 is 0 Å². The standard InChI is InChI=1S/C21H20N2O2S/c24-19(12-11-16-13-14-26-15-16)23-20(17-7-3-1-4-8-17)21(25)22-18-9-5-2-6-10-18/h1-10,13-15,20H,11-12H2,(H,22,25)(H,23,24). The maximum absolute atomic E-state index is 12.8. The molecule has 0 aliphatic carbocycles. The summed E-state index contributed by atoms with van der Waals surface area (Å²) < 4.78 is 0. The van der Waals surface area contributed by atoms with Crippen LogP contribution in [0, 0.1) is 0 Å². The molecule has 2 amide bonds. The van der Waals surface area contributed by atoms with Gasteiger partial charge in [-0.05, 0) is 46.5 Å². The van der Waals surface area contributed by atoms with Crippen LogP contribution in [0.15, 0.2) is 77.5 Å². The van der Waals surface area contributed by atoms with Crippen molar-refractivity contribution in [2.75, 3.05) is 5.32 Å². The topological polar surface area (TPSA) is 58.2 Å². The number of hydrogen-bond acceptors (Lipinski definition) is 3. The van der Waals surface area contributed by atoms with Crippen molar-refractivity contribution in [2.45, 2.75) is 18.9 Å². The highest BCUT2D eigenvalue weighted by Gasteiger charge is 2.22. The molecule has 0 aliphatic rings. The lowest BCUT2D eigenvalue weighted by Gasteiger charge is -2.19. The van der Waals surface area contributed by atoms with Crippen LogP contribution < -0.4 is 10.6 Å². The Morgan fingerprint density at radius 2 is 1.62 bits per heavy atom. The average molecular weight is 364 g/mol. The quantitative estimate of drug-likeness (QED) is 0.661. The second kappa shape index (κ2) is 8.97. The largest absolute Gasteiger partial charge is 0.341 e. The molecule has 4 nitrogen and oxygen atoms in total. The molecule has 0 aliphatic heterocycles. The molecule has 0 bridgehead atoms. The highest BCUT2D eigenvalue weighted by molar-refractivity contribution is 7.07. The Morgan fingerprint density at radius 1 is 0.923 bits per heavy atom. The molecule has 2 aromatic carbocycles. The second-order valence-corrected chi connectivity index (χ2v) is 6.68. The van der Waals surface area contributed by atoms with Crippen LogP contribution in [-0.2, 0) is 16.0 Å². The third-order valence-corrected chi connectivity index (χ3v) is 4.69. The molecule has 5 heteroatoms. The molecule has 2 N–H and O–H groups in total. The molecule has 0 radical (unpaired) electrons. The normalized spacial score (nSPS) is 11.5. The van der Waals surface area contributed by atoms with Gasteiger partial charge in [0, 0.05) is 12.1 Å². The number of benzene rings is 2. The number of carbonyl (C=O) groups is 2. The van der Waals surface area contributed by atoms with Gasteiger partial charge in [0.05, 0.1) is 0 Å². The van der Waals surface area contributed by atoms with Gasteiger partial charge in [-0.25, -0.2) is 0 Å². The van der Waals surface area contributed by atoms with E-state index in [4.69, 9.17) is 0 Å². The summed E-state index contributed by atoms with van der Waals surface area (Å²) in [6.07, 6.45) is 1.01. The summed E-state index contributed by atoms with van der Waals surface area (Å²) in [5.74, 6) is -0.403. The predicted molar refractivity (Wildman–Crippen MR) is 105 cm³/mol. The lowest BCUT2D eigenvalue weighted by molar-refractivity contribution is -0.126. The van der Waals surface area contributed by atoms with E-state index < -0.39 is 6.04 Å². The van der Waals surface area contributed by atoms with Crippen molar-refractivity contribution < 1.29 is 9.59 Å². The smallest absolute Gasteiger partial charge is 0.251 e. The van der Waals surface area contributed by atoms with Gasteiger partial charge in [0.25, 0.3) is 5.91 Å². The number of aryl methyl sites for hydroxylation is 1. The summed E-state index contributed by atoms with van der Waals surface area (Å²) in [6, 6.07) is 19.8. The Bertz CT molecular complexity index is 833. The molecule has 1 heterocycles. The van der Waals surface area contributed by atoms with Crippen molar-refractivity contribution >= 4 is 28.8 Å². The lowest BCUT2D eigenvalue weighted by Crippen LogP contribution is -2.37. The van der Waals surface area contributed by atoms with Gasteiger partial charge in [0.2, 0.25) is 5.91 Å². The Morgan fingerprint density at radius 3 is 2.27 bits per heavy atom. The van der Waals surface area contributed by atoms with Gasteiger partial charge in [-0.1, -0.05) is 48.5 Å². The number of carbonyl (C=O) groups excluding carboxylic acids is 2. The third kappa shape index (κ3) is 5.04. The van der Waals surface area contributed by atoms with E-state index in [0.717, 1.165) is 11.1 Å². The zero-order valence-corrected chi connectivity index (χ0v) is 15.0. The monoisotopic (exact) mass is 364 g/mol. The van der Waals surface area contributed by atoms with Crippen LogP contribution in [0.2, 0.25) is 0 Å². The Hall–Kier alpha value is -2.92. The molecule has 0 fully saturated rings. The Balaban J connectivity index is 1.69. The van der Waals surface area contributed by atoms with Crippen molar-refractivity contribution in [1.29, 1.82) is 0 Å². The van der Waals surface area contributed by atoms with E-state index in [1.807, 2.05) is 77.5 Å². The van der Waals surface area contributed by atoms with E-state index in [2.05, 4.69) is 10.6 Å². The highest BCUT2D eigenvalue weighted by Crippen LogP contribution is 2.17. The van der Waals surface area contributed by atoms with Crippen LogP contribution in [0.1, 0.15) is 23.6 Å². The van der Waals surface area contributed by atoms with Crippen molar-refractivity contribution in [3.63, 3.8) is 0 Å². The Kier molecular flexibility index (Phi) is 6.17. The number of thiophene rings is 1. The fourth-order valence-electron chi connectivity index (χ4n) is 2.61. The fraction of sp³-hybridized carbons (Fsp3) is 0.143. The van der Waals surface area contributed by atoms with Gasteiger partial charge < -0.3 is 10.6 Å². The first-order valence-electron chi connectivity index (χ1n) is 8.43. The van der Waals surface area contributed by atoms with E-state index in [-0.39, 0.29) is 11.8 Å². The number of hydrogen-bond donors (Lipinski definition) is 2. The summed E-state index contributed by atoms with van der Waals surface area (Å²) in [7, 11) is 0. The number of para-hydroxylation sites is 1. The molecule has 3 rings (SSSR count). The second-order valence-electron chi connectivity index (χ2n) is 5.90. The summed E-state index contributed by atoms with van der Waals surface area (Å²) in [5.41, 5.74) is 2.59. The van der Waals surface area contributed by atoms with Gasteiger partial charge in [0.15, 0.2) is 0 Å². The number of anilines is 1. The van der Waals surface area contributed by atoms with Crippen LogP contribution in [0.25, 0.3) is 0 Å². The van der Waals surface area contributed by atoms with Crippen molar-refractivity contribution in [3.05, 3.63) is 88.6 Å². The molecule has 0 saturated carbocycles. The number of amides is 2. The molecule has 132 valence electrons. The van der Waals surface area contributed by atoms with Gasteiger partial charge in [0.1, 0.15) is 6.04 Å². The van der Waals surface area contributed by atoms with E-state index in [1.165, 1.54) is 0 Å². The molecule has 1 atom stereocenters. The van der Waals surface area contributed by atoms with Crippen LogP contribution >= 0.6 is 11.3 Å². The summed E-state index contributed by atoms with van der Waals surface area (Å²) in [5, 5.41) is 9.76. The van der Waals surface area contributed by atoms with E-state index in [1.54, 1.807) is 11.3 Å². The zero-order valence-electron chi connectivity index (χ0n) is 14.2. The zero-order chi connectivity index (χ0) is 18.2. The molecule has 0 saturated heterocycles. The predicted octanol–water partition coefficient (Wildman–Crippen LogP) is 4.18. The van der Waals surface area contributed by atoms with Gasteiger partial charge in [-0.3, -0.25) is 9.59 Å². The highest BCUT2D eigenvalue weighted by atomic mass is 32.1. The minimum atomic E-state index is -0.730. The number of nitrogens with one attached hydrogen (secondary N) is 2. The number of rotatable bonds is 7. The van der Waals surface area contributed by atoms with Gasteiger partial charge in [-0.15, -0.1) is 0 Å². The van der Waals surface area contributed by atoms with Crippen molar-refractivity contribution in [3.8, 4) is 0 Å². The summed E-state index contributed by atoms with van der Waals surface area (Å²) in [6.45, 7) is 0. The third-order valence-electron chi connectivity index (χ3n) is 3.96. The van der Waals surface area contributed by atoms with Crippen molar-refractivity contribution in [2.24, 2.45) is 0 Å². The van der Waals surface area contributed by atoms with E-state index in [9.17, 15) is 9.59 Å². The maximum Gasteiger partial charge on any atom is 0.251 e.